The van der Waals surface area contributed by atoms with Crippen molar-refractivity contribution >= 4 is 17.2 Å². The normalized spacial score (nSPS) is 12.0. The lowest BCUT2D eigenvalue weighted by molar-refractivity contribution is -0.137. The standard InChI is InChI=1S/C15H11ClF3N3/c1-2-11-13(21-12-7-8-20-22(12)14(11)16)9-3-5-10(6-4-9)15(17,18)19/h3-8H,2H2,1H3. The number of rotatable bonds is 2. The smallest absolute Gasteiger partial charge is 0.228 e. The average molecular weight is 326 g/mol. The molecule has 0 aliphatic heterocycles. The van der Waals surface area contributed by atoms with Crippen LogP contribution in [0.25, 0.3) is 16.9 Å². The fourth-order valence-corrected chi connectivity index (χ4v) is 2.66. The van der Waals surface area contributed by atoms with E-state index in [-0.39, 0.29) is 0 Å². The molecule has 1 aromatic carbocycles. The number of nitrogens with zero attached hydrogens (tertiary/aromatic N) is 3. The van der Waals surface area contributed by atoms with Crippen molar-refractivity contribution in [2.24, 2.45) is 0 Å². The summed E-state index contributed by atoms with van der Waals surface area (Å²) in [4.78, 5) is 4.46. The molecule has 22 heavy (non-hydrogen) atoms. The average Bonchev–Trinajstić information content (AvgIpc) is 2.95. The van der Waals surface area contributed by atoms with Crippen molar-refractivity contribution in [2.75, 3.05) is 0 Å². The Morgan fingerprint density at radius 3 is 2.41 bits per heavy atom. The summed E-state index contributed by atoms with van der Waals surface area (Å²) >= 11 is 6.32. The lowest BCUT2D eigenvalue weighted by atomic mass is 10.0. The van der Waals surface area contributed by atoms with E-state index in [2.05, 4.69) is 10.1 Å². The van der Waals surface area contributed by atoms with Gasteiger partial charge in [-0.1, -0.05) is 30.7 Å². The number of hydrogen-bond donors (Lipinski definition) is 0. The third-order valence-electron chi connectivity index (χ3n) is 3.41. The molecule has 0 spiro atoms. The van der Waals surface area contributed by atoms with Gasteiger partial charge >= 0.3 is 6.18 Å². The first-order valence-corrected chi connectivity index (χ1v) is 6.99. The van der Waals surface area contributed by atoms with Crippen LogP contribution in [0.5, 0.6) is 0 Å². The summed E-state index contributed by atoms with van der Waals surface area (Å²) in [5.74, 6) is 0. The van der Waals surface area contributed by atoms with Crippen molar-refractivity contribution in [2.45, 2.75) is 19.5 Å². The van der Waals surface area contributed by atoms with Gasteiger partial charge in [0.15, 0.2) is 5.65 Å². The summed E-state index contributed by atoms with van der Waals surface area (Å²) in [6.07, 6.45) is -2.19. The molecule has 0 fully saturated rings. The molecule has 3 rings (SSSR count). The lowest BCUT2D eigenvalue weighted by Gasteiger charge is -2.12. The maximum atomic E-state index is 12.6. The molecule has 2 heterocycles. The molecule has 0 saturated heterocycles. The van der Waals surface area contributed by atoms with Gasteiger partial charge in [0.2, 0.25) is 0 Å². The molecular formula is C15H11ClF3N3. The molecule has 0 amide bonds. The molecule has 0 saturated carbocycles. The minimum Gasteiger partial charge on any atom is -0.228 e. The molecule has 7 heteroatoms. The summed E-state index contributed by atoms with van der Waals surface area (Å²) in [5.41, 5.74) is 1.78. The van der Waals surface area contributed by atoms with Crippen molar-refractivity contribution in [1.82, 2.24) is 14.6 Å². The first kappa shape index (κ1) is 14.8. The van der Waals surface area contributed by atoms with Crippen LogP contribution in [-0.2, 0) is 12.6 Å². The summed E-state index contributed by atoms with van der Waals surface area (Å²) < 4.78 is 39.5. The van der Waals surface area contributed by atoms with Crippen LogP contribution < -0.4 is 0 Å². The Kier molecular flexibility index (Phi) is 3.56. The van der Waals surface area contributed by atoms with Crippen molar-refractivity contribution in [1.29, 1.82) is 0 Å². The van der Waals surface area contributed by atoms with Gasteiger partial charge in [0, 0.05) is 17.2 Å². The maximum absolute atomic E-state index is 12.6. The highest BCUT2D eigenvalue weighted by Gasteiger charge is 2.30. The highest BCUT2D eigenvalue weighted by atomic mass is 35.5. The molecule has 3 aromatic rings. The largest absolute Gasteiger partial charge is 0.416 e. The summed E-state index contributed by atoms with van der Waals surface area (Å²) in [6.45, 7) is 1.91. The van der Waals surface area contributed by atoms with Gasteiger partial charge in [-0.05, 0) is 18.6 Å². The van der Waals surface area contributed by atoms with Crippen LogP contribution in [-0.4, -0.2) is 14.6 Å². The Balaban J connectivity index is 2.17. The van der Waals surface area contributed by atoms with Crippen molar-refractivity contribution in [3.63, 3.8) is 0 Å². The second-order valence-electron chi connectivity index (χ2n) is 4.76. The number of benzene rings is 1. The number of alkyl halides is 3. The lowest BCUT2D eigenvalue weighted by Crippen LogP contribution is -2.05. The SMILES string of the molecule is CCc1c(-c2ccc(C(F)(F)F)cc2)nc2ccnn2c1Cl. The zero-order valence-electron chi connectivity index (χ0n) is 11.5. The van der Waals surface area contributed by atoms with E-state index in [0.717, 1.165) is 17.7 Å². The zero-order chi connectivity index (χ0) is 15.9. The van der Waals surface area contributed by atoms with Crippen LogP contribution >= 0.6 is 11.6 Å². The Morgan fingerprint density at radius 1 is 1.14 bits per heavy atom. The highest BCUT2D eigenvalue weighted by molar-refractivity contribution is 6.30. The highest BCUT2D eigenvalue weighted by Crippen LogP contribution is 2.33. The Hall–Kier alpha value is -2.08. The fraction of sp³-hybridized carbons (Fsp3) is 0.200. The first-order valence-electron chi connectivity index (χ1n) is 6.61. The number of aromatic nitrogens is 3. The molecule has 0 N–H and O–H groups in total. The molecule has 114 valence electrons. The molecular weight excluding hydrogens is 315 g/mol. The molecule has 0 bridgehead atoms. The van der Waals surface area contributed by atoms with Crippen molar-refractivity contribution in [3.8, 4) is 11.3 Å². The molecule has 0 unspecified atom stereocenters. The van der Waals surface area contributed by atoms with E-state index < -0.39 is 11.7 Å². The van der Waals surface area contributed by atoms with Gasteiger partial charge in [-0.2, -0.15) is 18.3 Å². The van der Waals surface area contributed by atoms with E-state index in [9.17, 15) is 13.2 Å². The van der Waals surface area contributed by atoms with Crippen LogP contribution in [0.2, 0.25) is 5.15 Å². The minimum absolute atomic E-state index is 0.424. The van der Waals surface area contributed by atoms with Crippen molar-refractivity contribution < 1.29 is 13.2 Å². The fourth-order valence-electron chi connectivity index (χ4n) is 2.31. The van der Waals surface area contributed by atoms with Gasteiger partial charge in [0.1, 0.15) is 5.15 Å². The quantitative estimate of drug-likeness (QED) is 0.643. The second-order valence-corrected chi connectivity index (χ2v) is 5.12. The monoisotopic (exact) mass is 325 g/mol. The molecule has 2 aromatic heterocycles. The van der Waals surface area contributed by atoms with Gasteiger partial charge in [-0.3, -0.25) is 0 Å². The Labute approximate surface area is 129 Å². The van der Waals surface area contributed by atoms with E-state index in [1.54, 1.807) is 12.3 Å². The van der Waals surface area contributed by atoms with Gasteiger partial charge in [-0.25, -0.2) is 9.50 Å². The minimum atomic E-state index is -4.35. The van der Waals surface area contributed by atoms with E-state index in [0.29, 0.717) is 28.5 Å². The Bertz CT molecular complexity index is 822. The summed E-state index contributed by atoms with van der Waals surface area (Å²) in [6, 6.07) is 6.61. The predicted octanol–water partition coefficient (Wildman–Crippen LogP) is 4.63. The van der Waals surface area contributed by atoms with E-state index in [1.807, 2.05) is 6.92 Å². The molecule has 0 atom stereocenters. The van der Waals surface area contributed by atoms with Gasteiger partial charge in [0.25, 0.3) is 0 Å². The topological polar surface area (TPSA) is 30.2 Å². The maximum Gasteiger partial charge on any atom is 0.416 e. The van der Waals surface area contributed by atoms with Crippen LogP contribution in [0.4, 0.5) is 13.2 Å². The van der Waals surface area contributed by atoms with Crippen LogP contribution in [0, 0.1) is 0 Å². The van der Waals surface area contributed by atoms with Crippen LogP contribution in [0.1, 0.15) is 18.1 Å². The van der Waals surface area contributed by atoms with Crippen molar-refractivity contribution in [3.05, 3.63) is 52.8 Å². The van der Waals surface area contributed by atoms with Crippen LogP contribution in [0.3, 0.4) is 0 Å². The number of fused-ring (bicyclic) bond motifs is 1. The molecule has 3 nitrogen and oxygen atoms in total. The second kappa shape index (κ2) is 5.28. The van der Waals surface area contributed by atoms with E-state index in [4.69, 9.17) is 11.6 Å². The zero-order valence-corrected chi connectivity index (χ0v) is 12.3. The third kappa shape index (κ3) is 2.43. The third-order valence-corrected chi connectivity index (χ3v) is 3.80. The number of halogens is 4. The summed E-state index contributed by atoms with van der Waals surface area (Å²) in [7, 11) is 0. The molecule has 0 radical (unpaired) electrons. The van der Waals surface area contributed by atoms with Gasteiger partial charge in [-0.15, -0.1) is 0 Å². The summed E-state index contributed by atoms with van der Waals surface area (Å²) in [5, 5.41) is 4.51. The molecule has 0 aliphatic carbocycles. The van der Waals surface area contributed by atoms with Crippen LogP contribution in [0.15, 0.2) is 36.5 Å². The van der Waals surface area contributed by atoms with E-state index >= 15 is 0 Å². The predicted molar refractivity (Wildman–Crippen MR) is 77.8 cm³/mol. The van der Waals surface area contributed by atoms with E-state index in [1.165, 1.54) is 16.6 Å². The molecule has 0 aliphatic rings. The number of hydrogen-bond acceptors (Lipinski definition) is 2. The van der Waals surface area contributed by atoms with Gasteiger partial charge < -0.3 is 0 Å². The first-order chi connectivity index (χ1) is 10.4. The Morgan fingerprint density at radius 2 is 1.82 bits per heavy atom. The van der Waals surface area contributed by atoms with Gasteiger partial charge in [0.05, 0.1) is 17.5 Å².